The van der Waals surface area contributed by atoms with Crippen LogP contribution in [0.2, 0.25) is 0 Å². The highest BCUT2D eigenvalue weighted by Gasteiger charge is 2.37. The lowest BCUT2D eigenvalue weighted by Gasteiger charge is -2.37. The van der Waals surface area contributed by atoms with Crippen molar-refractivity contribution in [2.45, 2.75) is 32.2 Å². The third-order valence-corrected chi connectivity index (χ3v) is 6.29. The normalized spacial score (nSPS) is 20.7. The summed E-state index contributed by atoms with van der Waals surface area (Å²) in [6, 6.07) is 7.58. The second kappa shape index (κ2) is 7.19. The van der Waals surface area contributed by atoms with Crippen LogP contribution in [0.5, 0.6) is 0 Å². The van der Waals surface area contributed by atoms with Gasteiger partial charge in [-0.05, 0) is 41.8 Å². The summed E-state index contributed by atoms with van der Waals surface area (Å²) in [7, 11) is 0. The summed E-state index contributed by atoms with van der Waals surface area (Å²) in [4.78, 5) is 35.1. The summed E-state index contributed by atoms with van der Waals surface area (Å²) in [6.45, 7) is 4.77. The summed E-state index contributed by atoms with van der Waals surface area (Å²) < 4.78 is 0. The lowest BCUT2D eigenvalue weighted by molar-refractivity contribution is -0.134. The second-order valence-electron chi connectivity index (χ2n) is 7.27. The predicted octanol–water partition coefficient (Wildman–Crippen LogP) is 3.14. The monoisotopic (exact) mass is 369 g/mol. The first-order valence-corrected chi connectivity index (χ1v) is 10.1. The molecule has 0 aromatic carbocycles. The van der Waals surface area contributed by atoms with E-state index in [0.29, 0.717) is 19.0 Å². The van der Waals surface area contributed by atoms with Crippen molar-refractivity contribution in [3.05, 3.63) is 52.0 Å². The number of nitrogens with zero attached hydrogens (tertiary/aromatic N) is 3. The first kappa shape index (κ1) is 17.2. The van der Waals surface area contributed by atoms with Gasteiger partial charge in [0.05, 0.1) is 16.5 Å². The lowest BCUT2D eigenvalue weighted by atomic mass is 9.91. The molecule has 2 aliphatic heterocycles. The van der Waals surface area contributed by atoms with Gasteiger partial charge >= 0.3 is 0 Å². The molecule has 1 atom stereocenters. The van der Waals surface area contributed by atoms with Crippen LogP contribution in [0, 0.1) is 5.92 Å². The molecular formula is C20H23N3O2S. The number of rotatable bonds is 2. The average Bonchev–Trinajstić information content (AvgIpc) is 3.21. The average molecular weight is 369 g/mol. The van der Waals surface area contributed by atoms with Gasteiger partial charge in [-0.3, -0.25) is 14.6 Å². The van der Waals surface area contributed by atoms with Gasteiger partial charge in [-0.15, -0.1) is 11.3 Å². The maximum atomic E-state index is 13.2. The van der Waals surface area contributed by atoms with E-state index in [9.17, 15) is 9.59 Å². The van der Waals surface area contributed by atoms with Crippen LogP contribution in [-0.4, -0.2) is 46.2 Å². The molecule has 0 spiro atoms. The standard InChI is InChI=1S/C20H23N3O2S/c1-14-6-9-22(10-7-14)19(24)16-13-23(20(25)17-5-3-11-26-17)12-15-4-2-8-21-18(15)16/h2-5,8,11,14,16H,6-7,9-10,12-13H2,1H3. The smallest absolute Gasteiger partial charge is 0.264 e. The van der Waals surface area contributed by atoms with E-state index in [1.807, 2.05) is 34.5 Å². The molecule has 1 saturated heterocycles. The van der Waals surface area contributed by atoms with E-state index in [4.69, 9.17) is 0 Å². The Balaban J connectivity index is 1.60. The fraction of sp³-hybridized carbons (Fsp3) is 0.450. The minimum Gasteiger partial charge on any atom is -0.342 e. The first-order chi connectivity index (χ1) is 12.6. The molecule has 0 saturated carbocycles. The second-order valence-corrected chi connectivity index (χ2v) is 8.22. The molecule has 1 unspecified atom stereocenters. The number of hydrogen-bond acceptors (Lipinski definition) is 4. The number of amides is 2. The van der Waals surface area contributed by atoms with Crippen LogP contribution in [0.4, 0.5) is 0 Å². The van der Waals surface area contributed by atoms with Crippen molar-refractivity contribution in [2.75, 3.05) is 19.6 Å². The largest absolute Gasteiger partial charge is 0.342 e. The summed E-state index contributed by atoms with van der Waals surface area (Å²) in [5, 5.41) is 1.91. The van der Waals surface area contributed by atoms with Gasteiger partial charge in [0.1, 0.15) is 0 Å². The van der Waals surface area contributed by atoms with Crippen LogP contribution in [0.3, 0.4) is 0 Å². The number of piperidine rings is 1. The van der Waals surface area contributed by atoms with Gasteiger partial charge in [-0.1, -0.05) is 19.1 Å². The van der Waals surface area contributed by atoms with Crippen molar-refractivity contribution in [2.24, 2.45) is 5.92 Å². The van der Waals surface area contributed by atoms with Gasteiger partial charge < -0.3 is 9.80 Å². The van der Waals surface area contributed by atoms with E-state index in [-0.39, 0.29) is 17.7 Å². The molecule has 5 nitrogen and oxygen atoms in total. The predicted molar refractivity (Wildman–Crippen MR) is 101 cm³/mol. The Hall–Kier alpha value is -2.21. The Morgan fingerprint density at radius 1 is 1.15 bits per heavy atom. The maximum Gasteiger partial charge on any atom is 0.264 e. The van der Waals surface area contributed by atoms with Gasteiger partial charge in [0, 0.05) is 32.4 Å². The minimum absolute atomic E-state index is 0.000399. The molecule has 4 heterocycles. The van der Waals surface area contributed by atoms with E-state index in [1.165, 1.54) is 11.3 Å². The molecule has 2 amide bonds. The maximum absolute atomic E-state index is 13.2. The Kier molecular flexibility index (Phi) is 4.76. The van der Waals surface area contributed by atoms with Gasteiger partial charge in [0.25, 0.3) is 5.91 Å². The zero-order chi connectivity index (χ0) is 18.1. The Morgan fingerprint density at radius 2 is 1.96 bits per heavy atom. The lowest BCUT2D eigenvalue weighted by Crippen LogP contribution is -2.47. The van der Waals surface area contributed by atoms with Crippen LogP contribution < -0.4 is 0 Å². The van der Waals surface area contributed by atoms with Crippen molar-refractivity contribution in [1.82, 2.24) is 14.8 Å². The molecule has 136 valence electrons. The van der Waals surface area contributed by atoms with E-state index >= 15 is 0 Å². The number of pyridine rings is 1. The Morgan fingerprint density at radius 3 is 2.69 bits per heavy atom. The van der Waals surface area contributed by atoms with Crippen molar-refractivity contribution in [1.29, 1.82) is 0 Å². The van der Waals surface area contributed by atoms with E-state index < -0.39 is 0 Å². The van der Waals surface area contributed by atoms with Crippen LogP contribution in [0.1, 0.15) is 46.6 Å². The summed E-state index contributed by atoms with van der Waals surface area (Å²) in [5.74, 6) is 0.421. The van der Waals surface area contributed by atoms with Crippen LogP contribution in [0.25, 0.3) is 0 Å². The van der Waals surface area contributed by atoms with Crippen molar-refractivity contribution >= 4 is 23.2 Å². The van der Waals surface area contributed by atoms with Crippen molar-refractivity contribution in [3.63, 3.8) is 0 Å². The zero-order valence-electron chi connectivity index (χ0n) is 14.9. The molecule has 2 aliphatic rings. The number of hydrogen-bond donors (Lipinski definition) is 0. The first-order valence-electron chi connectivity index (χ1n) is 9.19. The molecule has 2 aromatic heterocycles. The van der Waals surface area contributed by atoms with Crippen LogP contribution in [0.15, 0.2) is 35.8 Å². The fourth-order valence-corrected chi connectivity index (χ4v) is 4.52. The molecule has 0 aliphatic carbocycles. The molecule has 2 aromatic rings. The molecule has 1 fully saturated rings. The molecule has 6 heteroatoms. The highest BCUT2D eigenvalue weighted by atomic mass is 32.1. The highest BCUT2D eigenvalue weighted by Crippen LogP contribution is 2.31. The van der Waals surface area contributed by atoms with Crippen molar-refractivity contribution in [3.8, 4) is 0 Å². The SMILES string of the molecule is CC1CCN(C(=O)C2CN(C(=O)c3cccs3)Cc3cccnc32)CC1. The number of fused-ring (bicyclic) bond motifs is 1. The molecule has 0 radical (unpaired) electrons. The van der Waals surface area contributed by atoms with E-state index in [1.54, 1.807) is 11.1 Å². The van der Waals surface area contributed by atoms with Gasteiger partial charge in [0.15, 0.2) is 0 Å². The molecule has 26 heavy (non-hydrogen) atoms. The van der Waals surface area contributed by atoms with Crippen LogP contribution in [-0.2, 0) is 11.3 Å². The van der Waals surface area contributed by atoms with E-state index in [0.717, 1.165) is 42.1 Å². The topological polar surface area (TPSA) is 53.5 Å². The summed E-state index contributed by atoms with van der Waals surface area (Å²) >= 11 is 1.44. The molecule has 0 bridgehead atoms. The molecule has 0 N–H and O–H groups in total. The number of likely N-dealkylation sites (tertiary alicyclic amines) is 1. The molecular weight excluding hydrogens is 346 g/mol. The summed E-state index contributed by atoms with van der Waals surface area (Å²) in [6.07, 6.45) is 3.84. The molecule has 4 rings (SSSR count). The van der Waals surface area contributed by atoms with Gasteiger partial charge in [0.2, 0.25) is 5.91 Å². The van der Waals surface area contributed by atoms with Gasteiger partial charge in [-0.2, -0.15) is 0 Å². The Bertz CT molecular complexity index is 797. The number of aromatic nitrogens is 1. The number of carbonyl (C=O) groups is 2. The summed E-state index contributed by atoms with van der Waals surface area (Å²) in [5.41, 5.74) is 1.82. The minimum atomic E-state index is -0.364. The number of carbonyl (C=O) groups excluding carboxylic acids is 2. The zero-order valence-corrected chi connectivity index (χ0v) is 15.7. The van der Waals surface area contributed by atoms with Gasteiger partial charge in [-0.25, -0.2) is 0 Å². The third kappa shape index (κ3) is 3.26. The quantitative estimate of drug-likeness (QED) is 0.817. The third-order valence-electron chi connectivity index (χ3n) is 5.43. The van der Waals surface area contributed by atoms with E-state index in [2.05, 4.69) is 11.9 Å². The van der Waals surface area contributed by atoms with Crippen molar-refractivity contribution < 1.29 is 9.59 Å². The number of thiophene rings is 1. The van der Waals surface area contributed by atoms with Crippen LogP contribution >= 0.6 is 11.3 Å². The fourth-order valence-electron chi connectivity index (χ4n) is 3.83. The Labute approximate surface area is 157 Å². The highest BCUT2D eigenvalue weighted by molar-refractivity contribution is 7.12.